The van der Waals surface area contributed by atoms with Crippen molar-refractivity contribution in [3.8, 4) is 0 Å². The summed E-state index contributed by atoms with van der Waals surface area (Å²) in [5.74, 6) is 0.288. The Morgan fingerprint density at radius 2 is 2.10 bits per heavy atom. The van der Waals surface area contributed by atoms with Crippen molar-refractivity contribution in [1.29, 1.82) is 5.41 Å². The Hall–Kier alpha value is -0.730. The topological polar surface area (TPSA) is 48.6 Å². The van der Waals surface area contributed by atoms with Gasteiger partial charge in [0.15, 0.2) is 0 Å². The van der Waals surface area contributed by atoms with Crippen LogP contribution in [0.25, 0.3) is 0 Å². The monoisotopic (exact) mass is 141 g/mol. The lowest BCUT2D eigenvalue weighted by atomic mass is 10.3. The van der Waals surface area contributed by atoms with Crippen LogP contribution in [0.4, 0.5) is 0 Å². The van der Waals surface area contributed by atoms with Gasteiger partial charge in [-0.15, -0.1) is 5.11 Å². The molecule has 0 amide bonds. The zero-order chi connectivity index (χ0) is 7.82. The Kier molecular flexibility index (Phi) is 5.92. The van der Waals surface area contributed by atoms with Gasteiger partial charge in [-0.3, -0.25) is 5.41 Å². The van der Waals surface area contributed by atoms with E-state index >= 15 is 0 Å². The molecule has 0 saturated heterocycles. The summed E-state index contributed by atoms with van der Waals surface area (Å²) in [6, 6.07) is 0. The van der Waals surface area contributed by atoms with Crippen molar-refractivity contribution in [2.24, 2.45) is 10.2 Å². The highest BCUT2D eigenvalue weighted by Crippen LogP contribution is 1.93. The number of amidine groups is 1. The van der Waals surface area contributed by atoms with Crippen LogP contribution in [0.5, 0.6) is 0 Å². The summed E-state index contributed by atoms with van der Waals surface area (Å²) in [7, 11) is 0. The SMILES string of the molecule is CCCCCN=NC(C)=N. The van der Waals surface area contributed by atoms with Crippen molar-refractivity contribution in [3.05, 3.63) is 0 Å². The maximum absolute atomic E-state index is 6.91. The van der Waals surface area contributed by atoms with Crippen LogP contribution < -0.4 is 0 Å². The van der Waals surface area contributed by atoms with E-state index in [0.717, 1.165) is 13.0 Å². The molecule has 3 heteroatoms. The smallest absolute Gasteiger partial charge is 0.139 e. The third-order valence-corrected chi connectivity index (χ3v) is 1.08. The summed E-state index contributed by atoms with van der Waals surface area (Å²) in [4.78, 5) is 0. The van der Waals surface area contributed by atoms with E-state index < -0.39 is 0 Å². The molecule has 0 heterocycles. The average Bonchev–Trinajstić information content (AvgIpc) is 1.87. The number of nitrogens with one attached hydrogen (secondary N) is 1. The van der Waals surface area contributed by atoms with Gasteiger partial charge in [-0.1, -0.05) is 19.8 Å². The molecule has 3 nitrogen and oxygen atoms in total. The Balaban J connectivity index is 3.10. The third kappa shape index (κ3) is 7.27. The van der Waals surface area contributed by atoms with E-state index in [1.165, 1.54) is 12.8 Å². The fourth-order valence-electron chi connectivity index (χ4n) is 0.589. The molecule has 0 aromatic carbocycles. The van der Waals surface area contributed by atoms with Crippen LogP contribution in [0.15, 0.2) is 10.2 Å². The molecule has 0 saturated carbocycles. The molecule has 0 aliphatic heterocycles. The number of hydrogen-bond donors (Lipinski definition) is 1. The highest BCUT2D eigenvalue weighted by atomic mass is 15.1. The minimum absolute atomic E-state index is 0.288. The van der Waals surface area contributed by atoms with Crippen LogP contribution in [0.3, 0.4) is 0 Å². The molecule has 0 bridgehead atoms. The molecule has 0 aliphatic carbocycles. The zero-order valence-electron chi connectivity index (χ0n) is 6.72. The first-order chi connectivity index (χ1) is 4.77. The first kappa shape index (κ1) is 9.27. The summed E-state index contributed by atoms with van der Waals surface area (Å²) in [5.41, 5.74) is 0. The lowest BCUT2D eigenvalue weighted by Gasteiger charge is -1.89. The maximum Gasteiger partial charge on any atom is 0.139 e. The molecule has 0 aliphatic rings. The molecule has 0 radical (unpaired) electrons. The van der Waals surface area contributed by atoms with E-state index in [-0.39, 0.29) is 5.84 Å². The molecule has 1 N–H and O–H groups in total. The van der Waals surface area contributed by atoms with Gasteiger partial charge in [-0.05, 0) is 13.3 Å². The van der Waals surface area contributed by atoms with Crippen LogP contribution >= 0.6 is 0 Å². The molecule has 58 valence electrons. The van der Waals surface area contributed by atoms with Gasteiger partial charge in [0.2, 0.25) is 0 Å². The van der Waals surface area contributed by atoms with Gasteiger partial charge in [0.05, 0.1) is 6.54 Å². The number of azo groups is 1. The van der Waals surface area contributed by atoms with Gasteiger partial charge in [-0.2, -0.15) is 5.11 Å². The van der Waals surface area contributed by atoms with Crippen molar-refractivity contribution in [2.45, 2.75) is 33.1 Å². The van der Waals surface area contributed by atoms with E-state index in [9.17, 15) is 0 Å². The molecule has 0 aromatic rings. The average molecular weight is 141 g/mol. The predicted molar refractivity (Wildman–Crippen MR) is 42.6 cm³/mol. The van der Waals surface area contributed by atoms with Crippen molar-refractivity contribution < 1.29 is 0 Å². The first-order valence-corrected chi connectivity index (χ1v) is 3.70. The molecular weight excluding hydrogens is 126 g/mol. The number of unbranched alkanes of at least 4 members (excludes halogenated alkanes) is 2. The van der Waals surface area contributed by atoms with Gasteiger partial charge in [-0.25, -0.2) is 0 Å². The lowest BCUT2D eigenvalue weighted by molar-refractivity contribution is 0.714. The molecule has 0 fully saturated rings. The van der Waals surface area contributed by atoms with Crippen LogP contribution in [0.1, 0.15) is 33.1 Å². The minimum Gasteiger partial charge on any atom is -0.285 e. The molecule has 0 rings (SSSR count). The summed E-state index contributed by atoms with van der Waals surface area (Å²) < 4.78 is 0. The highest BCUT2D eigenvalue weighted by molar-refractivity contribution is 5.76. The van der Waals surface area contributed by atoms with Gasteiger partial charge in [0.25, 0.3) is 0 Å². The largest absolute Gasteiger partial charge is 0.285 e. The molecule has 0 spiro atoms. The Labute approximate surface area is 62.1 Å². The molecule has 0 aromatic heterocycles. The first-order valence-electron chi connectivity index (χ1n) is 3.70. The second kappa shape index (κ2) is 6.39. The lowest BCUT2D eigenvalue weighted by Crippen LogP contribution is -1.82. The van der Waals surface area contributed by atoms with Gasteiger partial charge < -0.3 is 0 Å². The Morgan fingerprint density at radius 3 is 2.60 bits per heavy atom. The van der Waals surface area contributed by atoms with E-state index in [0.29, 0.717) is 0 Å². The van der Waals surface area contributed by atoms with Crippen LogP contribution in [-0.2, 0) is 0 Å². The van der Waals surface area contributed by atoms with Crippen molar-refractivity contribution >= 4 is 5.84 Å². The van der Waals surface area contributed by atoms with Gasteiger partial charge in [0.1, 0.15) is 5.84 Å². The van der Waals surface area contributed by atoms with Gasteiger partial charge >= 0.3 is 0 Å². The fourth-order valence-corrected chi connectivity index (χ4v) is 0.589. The Bertz CT molecular complexity index is 118. The number of nitrogens with zero attached hydrogens (tertiary/aromatic N) is 2. The van der Waals surface area contributed by atoms with E-state index in [2.05, 4.69) is 17.2 Å². The second-order valence-corrected chi connectivity index (χ2v) is 2.26. The second-order valence-electron chi connectivity index (χ2n) is 2.26. The maximum atomic E-state index is 6.91. The fraction of sp³-hybridized carbons (Fsp3) is 0.857. The van der Waals surface area contributed by atoms with E-state index in [4.69, 9.17) is 5.41 Å². The highest BCUT2D eigenvalue weighted by Gasteiger charge is 1.82. The quantitative estimate of drug-likeness (QED) is 0.271. The van der Waals surface area contributed by atoms with Crippen molar-refractivity contribution in [2.75, 3.05) is 6.54 Å². The number of hydrogen-bond acceptors (Lipinski definition) is 2. The zero-order valence-corrected chi connectivity index (χ0v) is 6.72. The van der Waals surface area contributed by atoms with Crippen molar-refractivity contribution in [3.63, 3.8) is 0 Å². The predicted octanol–water partition coefficient (Wildman–Crippen LogP) is 2.63. The van der Waals surface area contributed by atoms with E-state index in [1.807, 2.05) is 0 Å². The summed E-state index contributed by atoms with van der Waals surface area (Å²) in [6.45, 7) is 4.55. The van der Waals surface area contributed by atoms with Crippen molar-refractivity contribution in [1.82, 2.24) is 0 Å². The molecule has 0 atom stereocenters. The van der Waals surface area contributed by atoms with Gasteiger partial charge in [0, 0.05) is 0 Å². The van der Waals surface area contributed by atoms with E-state index in [1.54, 1.807) is 6.92 Å². The summed E-state index contributed by atoms with van der Waals surface area (Å²) >= 11 is 0. The summed E-state index contributed by atoms with van der Waals surface area (Å²) in [6.07, 6.45) is 3.50. The van der Waals surface area contributed by atoms with Crippen LogP contribution in [-0.4, -0.2) is 12.4 Å². The minimum atomic E-state index is 0.288. The van der Waals surface area contributed by atoms with Crippen LogP contribution in [0, 0.1) is 5.41 Å². The Morgan fingerprint density at radius 1 is 1.40 bits per heavy atom. The normalized spacial score (nSPS) is 10.6. The summed E-state index contributed by atoms with van der Waals surface area (Å²) in [5, 5.41) is 14.3. The third-order valence-electron chi connectivity index (χ3n) is 1.08. The van der Waals surface area contributed by atoms with Crippen LogP contribution in [0.2, 0.25) is 0 Å². The standard InChI is InChI=1S/C7H15N3/c1-3-4-5-6-9-10-7(2)8/h8H,3-6H2,1-2H3. The molecule has 10 heavy (non-hydrogen) atoms. The number of rotatable bonds is 4. The molecular formula is C7H15N3. The molecule has 0 unspecified atom stereocenters.